The minimum atomic E-state index is -3.40. The van der Waals surface area contributed by atoms with E-state index >= 15 is 0 Å². The molecule has 0 saturated heterocycles. The average Bonchev–Trinajstić information content (AvgIpc) is 2.38. The van der Waals surface area contributed by atoms with E-state index in [2.05, 4.69) is 16.2 Å². The number of hydrogen-bond acceptors (Lipinski definition) is 3. The second-order valence-electron chi connectivity index (χ2n) is 3.59. The van der Waals surface area contributed by atoms with Gasteiger partial charge in [0.05, 0.1) is 0 Å². The number of hydrogen-bond donors (Lipinski definition) is 1. The summed E-state index contributed by atoms with van der Waals surface area (Å²) in [5.41, 5.74) is 0. The van der Waals surface area contributed by atoms with E-state index in [1.807, 2.05) is 13.8 Å². The highest BCUT2D eigenvalue weighted by molar-refractivity contribution is 7.89. The van der Waals surface area contributed by atoms with Gasteiger partial charge in [0.1, 0.15) is 17.6 Å². The van der Waals surface area contributed by atoms with Crippen molar-refractivity contribution in [3.63, 3.8) is 0 Å². The average molecular weight is 268 g/mol. The maximum Gasteiger partial charge on any atom is 0.272 e. The Hall–Kier alpha value is -1.58. The monoisotopic (exact) mass is 268 g/mol. The number of terminal acetylenes is 1. The van der Waals surface area contributed by atoms with E-state index in [1.165, 1.54) is 10.5 Å². The number of rotatable bonds is 6. The van der Waals surface area contributed by atoms with Crippen molar-refractivity contribution >= 4 is 15.8 Å². The maximum absolute atomic E-state index is 12.2. The highest BCUT2D eigenvalue weighted by Crippen LogP contribution is 2.13. The fourth-order valence-corrected chi connectivity index (χ4v) is 2.97. The Kier molecular flexibility index (Phi) is 5.13. The van der Waals surface area contributed by atoms with Crippen molar-refractivity contribution in [2.24, 2.45) is 0 Å². The van der Waals surface area contributed by atoms with Gasteiger partial charge in [0.15, 0.2) is 0 Å². The van der Waals surface area contributed by atoms with Gasteiger partial charge < -0.3 is 0 Å². The highest BCUT2D eigenvalue weighted by atomic mass is 32.2. The van der Waals surface area contributed by atoms with Crippen molar-refractivity contribution in [2.75, 3.05) is 25.0 Å². The van der Waals surface area contributed by atoms with Crippen molar-refractivity contribution in [3.05, 3.63) is 18.3 Å². The van der Waals surface area contributed by atoms with Gasteiger partial charge in [-0.3, -0.25) is 5.32 Å². The third kappa shape index (κ3) is 3.22. The first-order chi connectivity index (χ1) is 8.56. The van der Waals surface area contributed by atoms with Gasteiger partial charge >= 0.3 is 0 Å². The molecule has 98 valence electrons. The molecule has 0 aliphatic carbocycles. The standard InChI is InChI=1S/C12H17N3O2S/c1-4-9-13-12-8-7-11(10-14-12)18(16,17)15(5-2)6-3/h1,7-8,10H,5-6,9H2,2-3H3,(H,13,14)/p+1. The topological polar surface area (TPSA) is 63.6 Å². The zero-order valence-electron chi connectivity index (χ0n) is 10.6. The van der Waals surface area contributed by atoms with Crippen LogP contribution < -0.4 is 10.3 Å². The fourth-order valence-electron chi connectivity index (χ4n) is 1.54. The van der Waals surface area contributed by atoms with Crippen LogP contribution in [-0.4, -0.2) is 32.4 Å². The molecule has 0 saturated carbocycles. The summed E-state index contributed by atoms with van der Waals surface area (Å²) in [6, 6.07) is 3.22. The van der Waals surface area contributed by atoms with Crippen LogP contribution in [0.4, 0.5) is 5.82 Å². The number of sulfonamides is 1. The van der Waals surface area contributed by atoms with Gasteiger partial charge in [-0.15, -0.1) is 6.42 Å². The number of nitrogens with one attached hydrogen (secondary N) is 2. The van der Waals surface area contributed by atoms with Gasteiger partial charge in [-0.1, -0.05) is 19.8 Å². The Bertz CT molecular complexity index is 513. The lowest BCUT2D eigenvalue weighted by atomic mass is 10.4. The normalized spacial score (nSPS) is 11.2. The van der Waals surface area contributed by atoms with Gasteiger partial charge in [-0.05, 0) is 6.07 Å². The molecule has 1 aromatic heterocycles. The number of aromatic nitrogens is 1. The minimum absolute atomic E-state index is 0.248. The van der Waals surface area contributed by atoms with Crippen LogP contribution in [0.5, 0.6) is 0 Å². The number of aromatic amines is 1. The molecular formula is C12H18N3O2S+. The second kappa shape index (κ2) is 6.38. The molecule has 0 aromatic carbocycles. The Balaban J connectivity index is 2.94. The lowest BCUT2D eigenvalue weighted by molar-refractivity contribution is -0.364. The Labute approximate surface area is 108 Å². The fraction of sp³-hybridized carbons (Fsp3) is 0.417. The Morgan fingerprint density at radius 3 is 2.50 bits per heavy atom. The molecule has 0 unspecified atom stereocenters. The zero-order valence-corrected chi connectivity index (χ0v) is 11.4. The van der Waals surface area contributed by atoms with Gasteiger partial charge in [-0.25, -0.2) is 13.4 Å². The van der Waals surface area contributed by atoms with Crippen molar-refractivity contribution in [3.8, 4) is 12.3 Å². The molecule has 1 heterocycles. The van der Waals surface area contributed by atoms with Crippen LogP contribution >= 0.6 is 0 Å². The largest absolute Gasteiger partial charge is 0.272 e. The summed E-state index contributed by atoms with van der Waals surface area (Å²) in [7, 11) is -3.40. The van der Waals surface area contributed by atoms with Crippen molar-refractivity contribution < 1.29 is 13.4 Å². The smallest absolute Gasteiger partial charge is 0.263 e. The molecule has 0 bridgehead atoms. The summed E-state index contributed by atoms with van der Waals surface area (Å²) in [6.07, 6.45) is 6.59. The first-order valence-corrected chi connectivity index (χ1v) is 7.19. The van der Waals surface area contributed by atoms with Crippen molar-refractivity contribution in [1.82, 2.24) is 4.31 Å². The van der Waals surface area contributed by atoms with E-state index in [0.29, 0.717) is 25.5 Å². The van der Waals surface area contributed by atoms with Crippen LogP contribution in [0.15, 0.2) is 23.2 Å². The lowest BCUT2D eigenvalue weighted by Gasteiger charge is -2.17. The van der Waals surface area contributed by atoms with E-state index in [1.54, 1.807) is 12.1 Å². The highest BCUT2D eigenvalue weighted by Gasteiger charge is 2.22. The third-order valence-corrected chi connectivity index (χ3v) is 4.55. The van der Waals surface area contributed by atoms with Crippen LogP contribution in [0, 0.1) is 12.3 Å². The molecule has 0 radical (unpaired) electrons. The summed E-state index contributed by atoms with van der Waals surface area (Å²) < 4.78 is 25.8. The Morgan fingerprint density at radius 2 is 2.06 bits per heavy atom. The number of pyridine rings is 1. The molecular weight excluding hydrogens is 250 g/mol. The zero-order chi connectivity index (χ0) is 13.6. The van der Waals surface area contributed by atoms with E-state index in [0.717, 1.165) is 0 Å². The molecule has 1 rings (SSSR count). The van der Waals surface area contributed by atoms with Crippen LogP contribution in [0.25, 0.3) is 0 Å². The van der Waals surface area contributed by atoms with E-state index < -0.39 is 10.0 Å². The van der Waals surface area contributed by atoms with Crippen LogP contribution in [0.2, 0.25) is 0 Å². The summed E-state index contributed by atoms with van der Waals surface area (Å²) in [4.78, 5) is 3.12. The molecule has 6 heteroatoms. The van der Waals surface area contributed by atoms with Gasteiger partial charge in [-0.2, -0.15) is 4.31 Å². The van der Waals surface area contributed by atoms with E-state index in [-0.39, 0.29) is 4.90 Å². The molecule has 0 aliphatic rings. The van der Waals surface area contributed by atoms with E-state index in [4.69, 9.17) is 6.42 Å². The predicted molar refractivity (Wildman–Crippen MR) is 70.4 cm³/mol. The first kappa shape index (κ1) is 14.5. The predicted octanol–water partition coefficient (Wildman–Crippen LogP) is 0.576. The number of nitrogens with zero attached hydrogens (tertiary/aromatic N) is 1. The summed E-state index contributed by atoms with van der Waals surface area (Å²) in [6.45, 7) is 4.92. The number of H-pyrrole nitrogens is 1. The summed E-state index contributed by atoms with van der Waals surface area (Å²) >= 11 is 0. The van der Waals surface area contributed by atoms with Crippen LogP contribution in [-0.2, 0) is 10.0 Å². The second-order valence-corrected chi connectivity index (χ2v) is 5.52. The molecule has 1 aromatic rings. The van der Waals surface area contributed by atoms with Crippen molar-refractivity contribution in [2.45, 2.75) is 18.7 Å². The van der Waals surface area contributed by atoms with Crippen LogP contribution in [0.3, 0.4) is 0 Å². The minimum Gasteiger partial charge on any atom is -0.263 e. The van der Waals surface area contributed by atoms with Crippen molar-refractivity contribution in [1.29, 1.82) is 0 Å². The number of anilines is 1. The molecule has 5 nitrogen and oxygen atoms in total. The lowest BCUT2D eigenvalue weighted by Crippen LogP contribution is -2.31. The maximum atomic E-state index is 12.2. The Morgan fingerprint density at radius 1 is 1.39 bits per heavy atom. The summed E-state index contributed by atoms with van der Waals surface area (Å²) in [5.74, 6) is 3.13. The molecule has 0 atom stereocenters. The van der Waals surface area contributed by atoms with Crippen LogP contribution in [0.1, 0.15) is 13.8 Å². The molecule has 18 heavy (non-hydrogen) atoms. The molecule has 0 aliphatic heterocycles. The third-order valence-electron chi connectivity index (χ3n) is 2.51. The van der Waals surface area contributed by atoms with Gasteiger partial charge in [0.25, 0.3) is 5.82 Å². The van der Waals surface area contributed by atoms with Gasteiger partial charge in [0, 0.05) is 19.2 Å². The first-order valence-electron chi connectivity index (χ1n) is 5.75. The summed E-state index contributed by atoms with van der Waals surface area (Å²) in [5, 5.41) is 2.93. The molecule has 0 spiro atoms. The van der Waals surface area contributed by atoms with Gasteiger partial charge in [0.2, 0.25) is 10.0 Å². The quantitative estimate of drug-likeness (QED) is 0.767. The molecule has 0 fully saturated rings. The SMILES string of the molecule is C#CCNc1ccc(S(=O)(=O)N(CC)CC)c[nH+]1. The molecule has 0 amide bonds. The molecule has 2 N–H and O–H groups in total. The van der Waals surface area contributed by atoms with E-state index in [9.17, 15) is 8.42 Å².